The van der Waals surface area contributed by atoms with Crippen molar-refractivity contribution in [2.75, 3.05) is 7.11 Å². The molecular weight excluding hydrogens is 468 g/mol. The van der Waals surface area contributed by atoms with Crippen LogP contribution in [0.1, 0.15) is 21.6 Å². The lowest BCUT2D eigenvalue weighted by Gasteiger charge is -2.18. The van der Waals surface area contributed by atoms with Gasteiger partial charge in [0, 0.05) is 51.7 Å². The van der Waals surface area contributed by atoms with E-state index in [1.165, 1.54) is 25.6 Å². The molecule has 2 aromatic carbocycles. The van der Waals surface area contributed by atoms with Crippen LogP contribution >= 0.6 is 19.0 Å². The van der Waals surface area contributed by atoms with Gasteiger partial charge in [0.25, 0.3) is 13.3 Å². The number of rotatable bonds is 7. The fraction of sp³-hybridized carbons (Fsp3) is 0.130. The number of hydrogen-bond donors (Lipinski definition) is 3. The van der Waals surface area contributed by atoms with Crippen LogP contribution in [0.15, 0.2) is 67.0 Å². The molecule has 2 aromatic heterocycles. The third kappa shape index (κ3) is 4.50. The second-order valence-electron chi connectivity index (χ2n) is 7.35. The Morgan fingerprint density at radius 2 is 1.94 bits per heavy atom. The van der Waals surface area contributed by atoms with Gasteiger partial charge in [-0.3, -0.25) is 14.6 Å². The maximum atomic E-state index is 14.3. The molecule has 1 atom stereocenters. The summed E-state index contributed by atoms with van der Waals surface area (Å²) in [6.45, 7) is -0.556. The predicted molar refractivity (Wildman–Crippen MR) is 123 cm³/mol. The largest absolute Gasteiger partial charge is 0.350 e. The summed E-state index contributed by atoms with van der Waals surface area (Å²) in [5.41, 5.74) is 1.72. The summed E-state index contributed by atoms with van der Waals surface area (Å²) in [4.78, 5) is 16.2. The monoisotopic (exact) mass is 488 g/mol. The number of alkyl halides is 1. The SMILES string of the molecule is COP(=O)(c1cccc(CF)c1)c1c(C(=O)NCc2cc[n+](O)cc2)[nH]c2ccc(Cl)cc12. The van der Waals surface area contributed by atoms with Crippen LogP contribution in [0.3, 0.4) is 0 Å². The van der Waals surface area contributed by atoms with Gasteiger partial charge in [-0.1, -0.05) is 23.7 Å². The second-order valence-corrected chi connectivity index (χ2v) is 10.2. The molecule has 33 heavy (non-hydrogen) atoms. The predicted octanol–water partition coefficient (Wildman–Crippen LogP) is 3.62. The van der Waals surface area contributed by atoms with Crippen LogP contribution in [0, 0.1) is 0 Å². The molecule has 0 aliphatic carbocycles. The summed E-state index contributed by atoms with van der Waals surface area (Å²) in [6.07, 6.45) is 2.88. The lowest BCUT2D eigenvalue weighted by atomic mass is 10.2. The fourth-order valence-corrected chi connectivity index (χ4v) is 6.00. The normalized spacial score (nSPS) is 13.1. The quantitative estimate of drug-likeness (QED) is 0.210. The highest BCUT2D eigenvalue weighted by atomic mass is 35.5. The van der Waals surface area contributed by atoms with Crippen molar-refractivity contribution in [3.63, 3.8) is 0 Å². The van der Waals surface area contributed by atoms with Gasteiger partial charge in [-0.05, 0) is 41.5 Å². The van der Waals surface area contributed by atoms with Crippen molar-refractivity contribution in [3.05, 3.63) is 88.8 Å². The zero-order valence-electron chi connectivity index (χ0n) is 17.6. The molecule has 0 fully saturated rings. The molecule has 0 saturated heterocycles. The first-order chi connectivity index (χ1) is 15.9. The first kappa shape index (κ1) is 23.0. The summed E-state index contributed by atoms with van der Waals surface area (Å²) >= 11 is 6.20. The van der Waals surface area contributed by atoms with E-state index in [4.69, 9.17) is 16.1 Å². The molecule has 0 saturated carbocycles. The van der Waals surface area contributed by atoms with E-state index >= 15 is 0 Å². The summed E-state index contributed by atoms with van der Waals surface area (Å²) in [7, 11) is -2.52. The van der Waals surface area contributed by atoms with Crippen LogP contribution in [0.4, 0.5) is 4.39 Å². The minimum atomic E-state index is -3.81. The Morgan fingerprint density at radius 3 is 2.64 bits per heavy atom. The Hall–Kier alpha value is -3.19. The zero-order valence-corrected chi connectivity index (χ0v) is 19.2. The van der Waals surface area contributed by atoms with Gasteiger partial charge in [-0.15, -0.1) is 0 Å². The van der Waals surface area contributed by atoms with Gasteiger partial charge < -0.3 is 14.8 Å². The summed E-state index contributed by atoms with van der Waals surface area (Å²) < 4.78 is 34.0. The summed E-state index contributed by atoms with van der Waals surface area (Å²) in [5, 5.41) is 13.5. The van der Waals surface area contributed by atoms with Crippen LogP contribution in [0.2, 0.25) is 5.02 Å². The number of pyridine rings is 1. The van der Waals surface area contributed by atoms with E-state index in [1.54, 1.807) is 48.5 Å². The lowest BCUT2D eigenvalue weighted by molar-refractivity contribution is -0.904. The molecule has 0 aliphatic heterocycles. The first-order valence-corrected chi connectivity index (χ1v) is 12.0. The standard InChI is InChI=1S/C23H20ClFN3O4P/c1-32-33(31,18-4-2-3-16(11-18)13-25)22-19-12-17(24)5-6-20(19)27-21(22)23(29)26-14-15-7-9-28(30)10-8-15/h2-12H,13-14H2,1H3,(H2-,26,27,29,30,31)/p+1. The Morgan fingerprint density at radius 1 is 1.18 bits per heavy atom. The van der Waals surface area contributed by atoms with Gasteiger partial charge in [0.05, 0.1) is 5.30 Å². The van der Waals surface area contributed by atoms with Gasteiger partial charge in [0.1, 0.15) is 12.4 Å². The average Bonchev–Trinajstić information content (AvgIpc) is 3.22. The highest BCUT2D eigenvalue weighted by molar-refractivity contribution is 7.75. The van der Waals surface area contributed by atoms with Gasteiger partial charge in [-0.25, -0.2) is 4.39 Å². The van der Waals surface area contributed by atoms with Crippen molar-refractivity contribution in [2.24, 2.45) is 0 Å². The highest BCUT2D eigenvalue weighted by Gasteiger charge is 2.36. The highest BCUT2D eigenvalue weighted by Crippen LogP contribution is 2.47. The number of amides is 1. The first-order valence-electron chi connectivity index (χ1n) is 9.96. The third-order valence-electron chi connectivity index (χ3n) is 5.25. The molecule has 0 spiro atoms. The van der Waals surface area contributed by atoms with Gasteiger partial charge in [0.15, 0.2) is 0 Å². The number of aromatic amines is 1. The molecular formula is C23H21ClFN3O4P+. The number of hydrogen-bond acceptors (Lipinski definition) is 4. The molecule has 170 valence electrons. The van der Waals surface area contributed by atoms with E-state index in [-0.39, 0.29) is 22.8 Å². The molecule has 4 rings (SSSR count). The third-order valence-corrected chi connectivity index (χ3v) is 8.01. The van der Waals surface area contributed by atoms with E-state index in [9.17, 15) is 19.0 Å². The number of halogens is 2. The van der Waals surface area contributed by atoms with Crippen LogP contribution < -0.4 is 20.7 Å². The number of nitrogens with one attached hydrogen (secondary N) is 2. The van der Waals surface area contributed by atoms with Crippen molar-refractivity contribution in [1.29, 1.82) is 0 Å². The lowest BCUT2D eigenvalue weighted by Crippen LogP contribution is -2.31. The maximum absolute atomic E-state index is 14.3. The number of carbonyl (C=O) groups excluding carboxylic acids is 1. The van der Waals surface area contributed by atoms with Crippen molar-refractivity contribution < 1.29 is 28.2 Å². The number of carbonyl (C=O) groups is 1. The number of benzene rings is 2. The van der Waals surface area contributed by atoms with E-state index < -0.39 is 20.0 Å². The molecule has 0 aliphatic rings. The van der Waals surface area contributed by atoms with Crippen LogP contribution in [-0.4, -0.2) is 23.2 Å². The smallest absolute Gasteiger partial charge is 0.268 e. The van der Waals surface area contributed by atoms with Crippen molar-refractivity contribution in [1.82, 2.24) is 10.3 Å². The van der Waals surface area contributed by atoms with Crippen LogP contribution in [0.25, 0.3) is 10.9 Å². The second kappa shape index (κ2) is 9.35. The topological polar surface area (TPSA) is 95.3 Å². The van der Waals surface area contributed by atoms with Crippen LogP contribution in [-0.2, 0) is 22.3 Å². The van der Waals surface area contributed by atoms with Crippen LogP contribution in [0.5, 0.6) is 0 Å². The average molecular weight is 489 g/mol. The van der Waals surface area contributed by atoms with E-state index in [2.05, 4.69) is 10.3 Å². The molecule has 2 heterocycles. The summed E-state index contributed by atoms with van der Waals surface area (Å²) in [5.74, 6) is -0.503. The molecule has 0 bridgehead atoms. The van der Waals surface area contributed by atoms with Crippen molar-refractivity contribution in [3.8, 4) is 0 Å². The van der Waals surface area contributed by atoms with E-state index in [1.807, 2.05) is 0 Å². The zero-order chi connectivity index (χ0) is 23.6. The Bertz CT molecular complexity index is 1370. The summed E-state index contributed by atoms with van der Waals surface area (Å²) in [6, 6.07) is 14.5. The number of fused-ring (bicyclic) bond motifs is 1. The molecule has 1 amide bonds. The molecule has 1 unspecified atom stereocenters. The number of nitrogens with zero attached hydrogens (tertiary/aromatic N) is 1. The Balaban J connectivity index is 1.82. The minimum absolute atomic E-state index is 0.0660. The molecule has 4 aromatic rings. The van der Waals surface area contributed by atoms with E-state index in [0.717, 1.165) is 10.3 Å². The number of H-pyrrole nitrogens is 1. The molecule has 3 N–H and O–H groups in total. The van der Waals surface area contributed by atoms with Crippen molar-refractivity contribution in [2.45, 2.75) is 13.2 Å². The fourth-order valence-electron chi connectivity index (χ4n) is 3.61. The Labute approximate surface area is 194 Å². The minimum Gasteiger partial charge on any atom is -0.350 e. The van der Waals surface area contributed by atoms with Crippen molar-refractivity contribution >= 4 is 46.4 Å². The molecule has 10 heteroatoms. The number of aromatic nitrogens is 2. The van der Waals surface area contributed by atoms with Gasteiger partial charge in [0.2, 0.25) is 12.4 Å². The molecule has 7 nitrogen and oxygen atoms in total. The maximum Gasteiger partial charge on any atom is 0.268 e. The van der Waals surface area contributed by atoms with Gasteiger partial charge in [-0.2, -0.15) is 0 Å². The van der Waals surface area contributed by atoms with Gasteiger partial charge >= 0.3 is 0 Å². The Kier molecular flexibility index (Phi) is 6.51. The van der Waals surface area contributed by atoms with E-state index in [0.29, 0.717) is 21.5 Å². The molecule has 0 radical (unpaired) electrons.